The number of nitrogens with zero attached hydrogens (tertiary/aromatic N) is 2. The minimum absolute atomic E-state index is 0.0662. The summed E-state index contributed by atoms with van der Waals surface area (Å²) in [6.07, 6.45) is 1.72. The van der Waals surface area contributed by atoms with E-state index in [1.165, 1.54) is 12.1 Å². The zero-order chi connectivity index (χ0) is 18.8. The monoisotopic (exact) mass is 368 g/mol. The highest BCUT2D eigenvalue weighted by molar-refractivity contribution is 6.04. The molecule has 1 unspecified atom stereocenters. The Hall–Kier alpha value is -2.89. The molecule has 1 fully saturated rings. The number of oxime groups is 1. The van der Waals surface area contributed by atoms with Gasteiger partial charge in [0.2, 0.25) is 6.10 Å². The van der Waals surface area contributed by atoms with E-state index in [9.17, 15) is 9.18 Å². The fourth-order valence-electron chi connectivity index (χ4n) is 3.23. The first-order chi connectivity index (χ1) is 13.1. The van der Waals surface area contributed by atoms with Crippen molar-refractivity contribution in [3.05, 3.63) is 65.5 Å². The molecule has 2 aromatic carbocycles. The van der Waals surface area contributed by atoms with Crippen molar-refractivity contribution in [3.8, 4) is 5.75 Å². The van der Waals surface area contributed by atoms with Crippen LogP contribution in [0.25, 0.3) is 0 Å². The summed E-state index contributed by atoms with van der Waals surface area (Å²) in [4.78, 5) is 20.3. The molecule has 140 valence electrons. The SMILES string of the molecule is COc1ccc(CN(C(=O)C2CC(c3cccc(F)c3)=NO2)C2CC2)cc1. The van der Waals surface area contributed by atoms with Crippen molar-refractivity contribution >= 4 is 11.6 Å². The van der Waals surface area contributed by atoms with E-state index in [0.717, 1.165) is 24.2 Å². The molecule has 0 aromatic heterocycles. The van der Waals surface area contributed by atoms with E-state index in [2.05, 4.69) is 5.16 Å². The lowest BCUT2D eigenvalue weighted by atomic mass is 10.0. The lowest BCUT2D eigenvalue weighted by molar-refractivity contribution is -0.143. The van der Waals surface area contributed by atoms with E-state index in [0.29, 0.717) is 24.2 Å². The Kier molecular flexibility index (Phi) is 4.79. The average molecular weight is 368 g/mol. The van der Waals surface area contributed by atoms with E-state index < -0.39 is 6.10 Å². The van der Waals surface area contributed by atoms with Crippen LogP contribution in [0, 0.1) is 5.82 Å². The molecule has 5 nitrogen and oxygen atoms in total. The summed E-state index contributed by atoms with van der Waals surface area (Å²) in [6, 6.07) is 14.1. The minimum atomic E-state index is -0.651. The molecule has 0 N–H and O–H groups in total. The molecule has 2 aromatic rings. The predicted octanol–water partition coefficient (Wildman–Crippen LogP) is 3.52. The number of rotatable bonds is 6. The lowest BCUT2D eigenvalue weighted by Gasteiger charge is -2.24. The normalized spacial score (nSPS) is 18.6. The van der Waals surface area contributed by atoms with E-state index in [1.54, 1.807) is 19.2 Å². The Labute approximate surface area is 157 Å². The summed E-state index contributed by atoms with van der Waals surface area (Å²) in [5, 5.41) is 4.03. The first-order valence-electron chi connectivity index (χ1n) is 9.06. The molecule has 0 spiro atoms. The number of amides is 1. The average Bonchev–Trinajstić information content (AvgIpc) is 3.41. The Morgan fingerprint density at radius 3 is 2.70 bits per heavy atom. The summed E-state index contributed by atoms with van der Waals surface area (Å²) < 4.78 is 18.6. The van der Waals surface area contributed by atoms with Gasteiger partial charge in [-0.25, -0.2) is 4.39 Å². The number of methoxy groups -OCH3 is 1. The highest BCUT2D eigenvalue weighted by Gasteiger charge is 2.39. The zero-order valence-corrected chi connectivity index (χ0v) is 15.1. The van der Waals surface area contributed by atoms with Crippen molar-refractivity contribution in [3.63, 3.8) is 0 Å². The smallest absolute Gasteiger partial charge is 0.267 e. The molecule has 0 saturated heterocycles. The number of hydrogen-bond donors (Lipinski definition) is 0. The fraction of sp³-hybridized carbons (Fsp3) is 0.333. The van der Waals surface area contributed by atoms with Gasteiger partial charge < -0.3 is 14.5 Å². The maximum Gasteiger partial charge on any atom is 0.267 e. The molecule has 1 saturated carbocycles. The predicted molar refractivity (Wildman–Crippen MR) is 99.0 cm³/mol. The summed E-state index contributed by atoms with van der Waals surface area (Å²) in [5.74, 6) is 0.392. The van der Waals surface area contributed by atoms with Crippen molar-refractivity contribution in [1.82, 2.24) is 4.90 Å². The minimum Gasteiger partial charge on any atom is -0.497 e. The van der Waals surface area contributed by atoms with Crippen molar-refractivity contribution in [2.75, 3.05) is 7.11 Å². The molecule has 1 aliphatic heterocycles. The number of hydrogen-bond acceptors (Lipinski definition) is 4. The van der Waals surface area contributed by atoms with E-state index in [-0.39, 0.29) is 17.8 Å². The quantitative estimate of drug-likeness (QED) is 0.784. The van der Waals surface area contributed by atoms with Gasteiger partial charge in [0.15, 0.2) is 0 Å². The first-order valence-corrected chi connectivity index (χ1v) is 9.06. The molecule has 1 aliphatic carbocycles. The van der Waals surface area contributed by atoms with Crippen molar-refractivity contribution in [2.24, 2.45) is 5.16 Å². The Morgan fingerprint density at radius 1 is 1.26 bits per heavy atom. The van der Waals surface area contributed by atoms with Gasteiger partial charge in [-0.2, -0.15) is 0 Å². The van der Waals surface area contributed by atoms with E-state index in [4.69, 9.17) is 9.57 Å². The van der Waals surface area contributed by atoms with Gasteiger partial charge in [-0.1, -0.05) is 29.4 Å². The molecular formula is C21H21FN2O3. The third-order valence-corrected chi connectivity index (χ3v) is 4.88. The van der Waals surface area contributed by atoms with E-state index in [1.807, 2.05) is 29.2 Å². The first kappa shape index (κ1) is 17.5. The van der Waals surface area contributed by atoms with Crippen LogP contribution in [-0.4, -0.2) is 35.8 Å². The second-order valence-corrected chi connectivity index (χ2v) is 6.89. The van der Waals surface area contributed by atoms with Gasteiger partial charge in [-0.15, -0.1) is 0 Å². The van der Waals surface area contributed by atoms with Crippen LogP contribution in [0.5, 0.6) is 5.75 Å². The number of benzene rings is 2. The van der Waals surface area contributed by atoms with E-state index >= 15 is 0 Å². The van der Waals surface area contributed by atoms with Crippen molar-refractivity contribution < 1.29 is 18.8 Å². The van der Waals surface area contributed by atoms with Gasteiger partial charge in [-0.05, 0) is 42.7 Å². The van der Waals surface area contributed by atoms with Crippen LogP contribution in [-0.2, 0) is 16.2 Å². The summed E-state index contributed by atoms with van der Waals surface area (Å²) in [6.45, 7) is 0.530. The second-order valence-electron chi connectivity index (χ2n) is 6.89. The van der Waals surface area contributed by atoms with Crippen molar-refractivity contribution in [1.29, 1.82) is 0 Å². The molecule has 1 amide bonds. The van der Waals surface area contributed by atoms with Gasteiger partial charge in [0, 0.05) is 24.6 Å². The maximum atomic E-state index is 13.4. The van der Waals surface area contributed by atoms with Crippen LogP contribution in [0.2, 0.25) is 0 Å². The van der Waals surface area contributed by atoms with Gasteiger partial charge in [0.05, 0.1) is 12.8 Å². The lowest BCUT2D eigenvalue weighted by Crippen LogP contribution is -2.40. The molecular weight excluding hydrogens is 347 g/mol. The number of carbonyl (C=O) groups is 1. The molecule has 1 atom stereocenters. The third-order valence-electron chi connectivity index (χ3n) is 4.88. The zero-order valence-electron chi connectivity index (χ0n) is 15.1. The van der Waals surface area contributed by atoms with Crippen LogP contribution < -0.4 is 4.74 Å². The standard InChI is InChI=1S/C21H21FN2O3/c1-26-18-9-5-14(6-10-18)13-24(17-7-8-17)21(25)20-12-19(23-27-20)15-3-2-4-16(22)11-15/h2-6,9-11,17,20H,7-8,12-13H2,1H3. The summed E-state index contributed by atoms with van der Waals surface area (Å²) >= 11 is 0. The number of halogens is 1. The fourth-order valence-corrected chi connectivity index (χ4v) is 3.23. The third kappa shape index (κ3) is 3.94. The highest BCUT2D eigenvalue weighted by Crippen LogP contribution is 2.31. The molecule has 0 radical (unpaired) electrons. The molecule has 6 heteroatoms. The largest absolute Gasteiger partial charge is 0.497 e. The van der Waals surface area contributed by atoms with Gasteiger partial charge >= 0.3 is 0 Å². The van der Waals surface area contributed by atoms with Crippen LogP contribution in [0.3, 0.4) is 0 Å². The van der Waals surface area contributed by atoms with Gasteiger partial charge in [0.1, 0.15) is 11.6 Å². The van der Waals surface area contributed by atoms with Crippen LogP contribution in [0.4, 0.5) is 4.39 Å². The molecule has 27 heavy (non-hydrogen) atoms. The van der Waals surface area contributed by atoms with Crippen LogP contribution in [0.1, 0.15) is 30.4 Å². The topological polar surface area (TPSA) is 51.1 Å². The maximum absolute atomic E-state index is 13.4. The molecule has 1 heterocycles. The molecule has 0 bridgehead atoms. The van der Waals surface area contributed by atoms with Crippen LogP contribution >= 0.6 is 0 Å². The Bertz CT molecular complexity index is 862. The highest BCUT2D eigenvalue weighted by atomic mass is 19.1. The Morgan fingerprint density at radius 2 is 2.04 bits per heavy atom. The summed E-state index contributed by atoms with van der Waals surface area (Å²) in [5.41, 5.74) is 2.30. The van der Waals surface area contributed by atoms with Gasteiger partial charge in [0.25, 0.3) is 5.91 Å². The van der Waals surface area contributed by atoms with Crippen LogP contribution in [0.15, 0.2) is 53.7 Å². The Balaban J connectivity index is 1.44. The second kappa shape index (κ2) is 7.39. The number of carbonyl (C=O) groups excluding carboxylic acids is 1. The molecule has 2 aliphatic rings. The van der Waals surface area contributed by atoms with Crippen molar-refractivity contribution in [2.45, 2.75) is 38.0 Å². The van der Waals surface area contributed by atoms with Gasteiger partial charge in [-0.3, -0.25) is 4.79 Å². The summed E-state index contributed by atoms with van der Waals surface area (Å²) in [7, 11) is 1.63. The molecule has 4 rings (SSSR count). The number of ether oxygens (including phenoxy) is 1.